The molecule has 0 aromatic heterocycles. The molecule has 1 unspecified atom stereocenters. The monoisotopic (exact) mass is 969 g/mol. The van der Waals surface area contributed by atoms with Gasteiger partial charge < -0.3 is 14.6 Å². The molecule has 0 amide bonds. The normalized spacial score (nSPS) is 13.1. The number of unbranched alkanes of at least 4 members (excludes halogenated alkanes) is 24. The SMILES string of the molecule is CC/C=C\C/C=C\C/C=C\C/C=C\C/C=C\C/C=C\C/C=C\C/C=C\C/C=C\C/C=C\CCCCCCC(=O)OC(CO)COC(=O)CCCCCCCCCCCCCCCCCCCCCCC. The van der Waals surface area contributed by atoms with Gasteiger partial charge in [0.25, 0.3) is 0 Å². The van der Waals surface area contributed by atoms with E-state index in [1.807, 2.05) is 0 Å². The third-order valence-electron chi connectivity index (χ3n) is 12.3. The van der Waals surface area contributed by atoms with Gasteiger partial charge in [0, 0.05) is 12.8 Å². The summed E-state index contributed by atoms with van der Waals surface area (Å²) in [5.41, 5.74) is 0. The predicted octanol–water partition coefficient (Wildman–Crippen LogP) is 19.9. The smallest absolute Gasteiger partial charge is 0.306 e. The van der Waals surface area contributed by atoms with E-state index in [1.54, 1.807) is 0 Å². The van der Waals surface area contributed by atoms with E-state index in [1.165, 1.54) is 116 Å². The van der Waals surface area contributed by atoms with Crippen LogP contribution in [0.1, 0.15) is 258 Å². The van der Waals surface area contributed by atoms with Gasteiger partial charge in [-0.2, -0.15) is 0 Å². The fourth-order valence-corrected chi connectivity index (χ4v) is 7.94. The van der Waals surface area contributed by atoms with Crippen molar-refractivity contribution < 1.29 is 24.2 Å². The summed E-state index contributed by atoms with van der Waals surface area (Å²) in [6, 6.07) is 0. The van der Waals surface area contributed by atoms with Crippen LogP contribution in [0.2, 0.25) is 0 Å². The van der Waals surface area contributed by atoms with Crippen molar-refractivity contribution >= 4 is 11.9 Å². The molecule has 0 heterocycles. The fraction of sp³-hybridized carbons (Fsp3) is 0.662. The molecular formula is C65H108O5. The van der Waals surface area contributed by atoms with Crippen LogP contribution in [0.5, 0.6) is 0 Å². The lowest BCUT2D eigenvalue weighted by molar-refractivity contribution is -0.161. The third kappa shape index (κ3) is 56.9. The number of hydrogen-bond donors (Lipinski definition) is 1. The Morgan fingerprint density at radius 2 is 0.614 bits per heavy atom. The molecule has 0 fully saturated rings. The number of carbonyl (C=O) groups excluding carboxylic acids is 2. The molecule has 5 heteroatoms. The van der Waals surface area contributed by atoms with Crippen molar-refractivity contribution in [2.45, 2.75) is 264 Å². The minimum absolute atomic E-state index is 0.0804. The first kappa shape index (κ1) is 66.3. The summed E-state index contributed by atoms with van der Waals surface area (Å²) in [5.74, 6) is -0.619. The van der Waals surface area contributed by atoms with Crippen molar-refractivity contribution in [3.05, 3.63) is 122 Å². The van der Waals surface area contributed by atoms with Gasteiger partial charge in [0.15, 0.2) is 6.10 Å². The van der Waals surface area contributed by atoms with Crippen LogP contribution in [0, 0.1) is 0 Å². The van der Waals surface area contributed by atoms with Crippen LogP contribution in [0.4, 0.5) is 0 Å². The predicted molar refractivity (Wildman–Crippen MR) is 306 cm³/mol. The quantitative estimate of drug-likeness (QED) is 0.0374. The molecule has 0 saturated heterocycles. The molecule has 5 nitrogen and oxygen atoms in total. The Kier molecular flexibility index (Phi) is 56.5. The highest BCUT2D eigenvalue weighted by molar-refractivity contribution is 5.70. The summed E-state index contributed by atoms with van der Waals surface area (Å²) in [7, 11) is 0. The van der Waals surface area contributed by atoms with E-state index >= 15 is 0 Å². The molecular weight excluding hydrogens is 861 g/mol. The van der Waals surface area contributed by atoms with Crippen molar-refractivity contribution in [3.8, 4) is 0 Å². The molecule has 0 aliphatic rings. The maximum Gasteiger partial charge on any atom is 0.306 e. The second-order valence-electron chi connectivity index (χ2n) is 19.0. The fourth-order valence-electron chi connectivity index (χ4n) is 7.94. The van der Waals surface area contributed by atoms with Crippen molar-refractivity contribution in [1.29, 1.82) is 0 Å². The molecule has 0 bridgehead atoms. The van der Waals surface area contributed by atoms with Crippen LogP contribution in [0.25, 0.3) is 0 Å². The number of carbonyl (C=O) groups is 2. The van der Waals surface area contributed by atoms with Gasteiger partial charge in [0.05, 0.1) is 6.61 Å². The number of allylic oxidation sites excluding steroid dienone is 20. The highest BCUT2D eigenvalue weighted by Gasteiger charge is 2.16. The van der Waals surface area contributed by atoms with Crippen LogP contribution in [-0.2, 0) is 19.1 Å². The first-order valence-electron chi connectivity index (χ1n) is 29.1. The highest BCUT2D eigenvalue weighted by Crippen LogP contribution is 2.16. The van der Waals surface area contributed by atoms with Crippen LogP contribution in [-0.4, -0.2) is 36.4 Å². The summed E-state index contributed by atoms with van der Waals surface area (Å²) in [4.78, 5) is 24.5. The number of aliphatic hydroxyl groups excluding tert-OH is 1. The highest BCUT2D eigenvalue weighted by atomic mass is 16.6. The van der Waals surface area contributed by atoms with Crippen molar-refractivity contribution in [3.63, 3.8) is 0 Å². The minimum atomic E-state index is -0.793. The second kappa shape index (κ2) is 59.6. The summed E-state index contributed by atoms with van der Waals surface area (Å²) < 4.78 is 10.7. The largest absolute Gasteiger partial charge is 0.462 e. The lowest BCUT2D eigenvalue weighted by Gasteiger charge is -2.15. The number of esters is 2. The molecule has 0 rings (SSSR count). The van der Waals surface area contributed by atoms with Gasteiger partial charge in [-0.05, 0) is 89.9 Å². The minimum Gasteiger partial charge on any atom is -0.462 e. The third-order valence-corrected chi connectivity index (χ3v) is 12.3. The molecule has 70 heavy (non-hydrogen) atoms. The van der Waals surface area contributed by atoms with Gasteiger partial charge in [-0.15, -0.1) is 0 Å². The van der Waals surface area contributed by atoms with Gasteiger partial charge in [-0.1, -0.05) is 277 Å². The van der Waals surface area contributed by atoms with Gasteiger partial charge in [-0.3, -0.25) is 9.59 Å². The van der Waals surface area contributed by atoms with Gasteiger partial charge in [0.1, 0.15) is 6.61 Å². The summed E-state index contributed by atoms with van der Waals surface area (Å²) in [5, 5.41) is 9.65. The lowest BCUT2D eigenvalue weighted by Crippen LogP contribution is -2.28. The number of hydrogen-bond acceptors (Lipinski definition) is 5. The van der Waals surface area contributed by atoms with E-state index in [9.17, 15) is 14.7 Å². The van der Waals surface area contributed by atoms with Crippen molar-refractivity contribution in [2.75, 3.05) is 13.2 Å². The summed E-state index contributed by atoms with van der Waals surface area (Å²) >= 11 is 0. The Bertz CT molecular complexity index is 1420. The molecule has 0 aromatic rings. The van der Waals surface area contributed by atoms with Crippen LogP contribution < -0.4 is 0 Å². The Morgan fingerprint density at radius 1 is 0.343 bits per heavy atom. The van der Waals surface area contributed by atoms with E-state index in [0.29, 0.717) is 12.8 Å². The molecule has 1 atom stereocenters. The zero-order valence-corrected chi connectivity index (χ0v) is 45.5. The Labute approximate surface area is 433 Å². The second-order valence-corrected chi connectivity index (χ2v) is 19.0. The molecule has 0 aliphatic carbocycles. The molecule has 0 radical (unpaired) electrons. The molecule has 0 saturated carbocycles. The molecule has 0 aromatic carbocycles. The Hall–Kier alpha value is -3.70. The molecule has 1 N–H and O–H groups in total. The number of ether oxygens (including phenoxy) is 2. The molecule has 398 valence electrons. The van der Waals surface area contributed by atoms with Gasteiger partial charge in [-0.25, -0.2) is 0 Å². The zero-order chi connectivity index (χ0) is 50.6. The first-order chi connectivity index (χ1) is 34.6. The van der Waals surface area contributed by atoms with E-state index in [-0.39, 0.29) is 25.2 Å². The van der Waals surface area contributed by atoms with E-state index in [0.717, 1.165) is 116 Å². The number of aliphatic hydroxyl groups is 1. The molecule has 0 spiro atoms. The van der Waals surface area contributed by atoms with Crippen molar-refractivity contribution in [1.82, 2.24) is 0 Å². The topological polar surface area (TPSA) is 72.8 Å². The standard InChI is InChI=1S/C65H108O5/c1-3-5-7-9-11-13-15-17-19-21-23-25-26-27-28-29-30-31-32-33-34-35-36-37-38-40-42-44-46-48-50-52-54-56-58-60-65(68)70-63(61-66)62-69-64(67)59-57-55-53-51-49-47-45-43-41-39-24-22-20-18-16-14-12-10-8-6-4-2/h5,7,11,13,17,19,23,25,27-28,30-31,33-34,36-37,40,42,46,48,63,66H,3-4,6,8-10,12,14-16,18,20-22,24,26,29,32,35,38-39,41,43-45,47,49-62H2,1-2H3/b7-5-,13-11-,19-17-,25-23-,28-27-,31-30-,34-33-,37-36-,42-40-,48-46-. The Balaban J connectivity index is 3.62. The summed E-state index contributed by atoms with van der Waals surface area (Å²) in [6.45, 7) is 4.02. The van der Waals surface area contributed by atoms with Gasteiger partial charge >= 0.3 is 11.9 Å². The Morgan fingerprint density at radius 3 is 0.929 bits per heavy atom. The lowest BCUT2D eigenvalue weighted by atomic mass is 10.0. The molecule has 0 aliphatic heterocycles. The summed E-state index contributed by atoms with van der Waals surface area (Å²) in [6.07, 6.45) is 87.4. The maximum absolute atomic E-state index is 12.3. The van der Waals surface area contributed by atoms with Crippen LogP contribution in [0.3, 0.4) is 0 Å². The van der Waals surface area contributed by atoms with E-state index < -0.39 is 6.10 Å². The average molecular weight is 970 g/mol. The van der Waals surface area contributed by atoms with E-state index in [4.69, 9.17) is 9.47 Å². The number of rotatable bonds is 52. The maximum atomic E-state index is 12.3. The van der Waals surface area contributed by atoms with Crippen molar-refractivity contribution in [2.24, 2.45) is 0 Å². The van der Waals surface area contributed by atoms with E-state index in [2.05, 4.69) is 135 Å². The van der Waals surface area contributed by atoms with Gasteiger partial charge in [0.2, 0.25) is 0 Å². The van der Waals surface area contributed by atoms with Crippen LogP contribution >= 0.6 is 0 Å². The first-order valence-corrected chi connectivity index (χ1v) is 29.1. The average Bonchev–Trinajstić information content (AvgIpc) is 3.36. The zero-order valence-electron chi connectivity index (χ0n) is 45.5. The van der Waals surface area contributed by atoms with Crippen LogP contribution in [0.15, 0.2) is 122 Å².